The maximum Gasteiger partial charge on any atom is 0.276 e. The van der Waals surface area contributed by atoms with Gasteiger partial charge in [0.25, 0.3) is 15.9 Å². The van der Waals surface area contributed by atoms with Crippen molar-refractivity contribution >= 4 is 27.2 Å². The number of hydrogen-bond acceptors (Lipinski definition) is 10. The Bertz CT molecular complexity index is 1270. The van der Waals surface area contributed by atoms with Crippen molar-refractivity contribution in [3.05, 3.63) is 40.2 Å². The number of aromatic nitrogens is 1. The van der Waals surface area contributed by atoms with Crippen LogP contribution < -0.4 is 5.32 Å². The van der Waals surface area contributed by atoms with Crippen molar-refractivity contribution in [2.24, 2.45) is 0 Å². The highest BCUT2D eigenvalue weighted by Crippen LogP contribution is 2.32. The third-order valence-corrected chi connectivity index (χ3v) is 8.99. The predicted octanol–water partition coefficient (Wildman–Crippen LogP) is 3.53. The molecule has 0 spiro atoms. The number of piperidine rings is 1. The molecular formula is C23H27N5O5S2. The van der Waals surface area contributed by atoms with Gasteiger partial charge in [-0.05, 0) is 49.5 Å². The molecule has 12 heteroatoms. The Morgan fingerprint density at radius 1 is 1.11 bits per heavy atom. The van der Waals surface area contributed by atoms with Crippen molar-refractivity contribution in [3.8, 4) is 17.7 Å². The van der Waals surface area contributed by atoms with Crippen LogP contribution in [0.3, 0.4) is 0 Å². The Kier molecular flexibility index (Phi) is 7.22. The number of thiophene rings is 1. The second-order valence-corrected chi connectivity index (χ2v) is 11.3. The first-order valence-corrected chi connectivity index (χ1v) is 14.0. The fourth-order valence-electron chi connectivity index (χ4n) is 4.42. The van der Waals surface area contributed by atoms with Crippen LogP contribution in [0.15, 0.2) is 43.6 Å². The Hall–Kier alpha value is -2.69. The summed E-state index contributed by atoms with van der Waals surface area (Å²) in [6.07, 6.45) is 3.59. The van der Waals surface area contributed by atoms with Gasteiger partial charge in [-0.15, -0.1) is 11.3 Å². The van der Waals surface area contributed by atoms with E-state index in [0.29, 0.717) is 19.8 Å². The van der Waals surface area contributed by atoms with Crippen LogP contribution in [-0.4, -0.2) is 68.5 Å². The van der Waals surface area contributed by atoms with E-state index in [-0.39, 0.29) is 47.5 Å². The number of likely N-dealkylation sites (tertiary alicyclic amines) is 1. The average Bonchev–Trinajstić information content (AvgIpc) is 3.66. The van der Waals surface area contributed by atoms with E-state index in [4.69, 9.17) is 13.6 Å². The molecule has 0 bridgehead atoms. The lowest BCUT2D eigenvalue weighted by Crippen LogP contribution is -2.40. The summed E-state index contributed by atoms with van der Waals surface area (Å²) >= 11 is 1.71. The van der Waals surface area contributed by atoms with E-state index in [1.54, 1.807) is 11.3 Å². The van der Waals surface area contributed by atoms with Crippen molar-refractivity contribution in [3.63, 3.8) is 0 Å². The van der Waals surface area contributed by atoms with Gasteiger partial charge in [-0.25, -0.2) is 8.42 Å². The minimum atomic E-state index is -3.78. The third kappa shape index (κ3) is 5.14. The van der Waals surface area contributed by atoms with Gasteiger partial charge in [-0.1, -0.05) is 12.5 Å². The summed E-state index contributed by atoms with van der Waals surface area (Å²) in [5, 5.41) is 14.8. The summed E-state index contributed by atoms with van der Waals surface area (Å²) in [5.74, 6) is 0.445. The first kappa shape index (κ1) is 24.0. The first-order valence-electron chi connectivity index (χ1n) is 11.7. The smallest absolute Gasteiger partial charge is 0.276 e. The maximum atomic E-state index is 12.9. The van der Waals surface area contributed by atoms with Gasteiger partial charge < -0.3 is 18.9 Å². The second-order valence-electron chi connectivity index (χ2n) is 8.45. The van der Waals surface area contributed by atoms with E-state index in [1.165, 1.54) is 40.6 Å². The van der Waals surface area contributed by atoms with Crippen LogP contribution in [0.1, 0.15) is 35.9 Å². The number of morpholine rings is 1. The summed E-state index contributed by atoms with van der Waals surface area (Å²) in [4.78, 5) is 7.95. The van der Waals surface area contributed by atoms with Gasteiger partial charge in [-0.2, -0.15) is 14.6 Å². The van der Waals surface area contributed by atoms with Gasteiger partial charge in [0, 0.05) is 24.5 Å². The van der Waals surface area contributed by atoms with Crippen LogP contribution in [0, 0.1) is 11.3 Å². The fourth-order valence-corrected chi connectivity index (χ4v) is 6.60. The number of hydrogen-bond donors (Lipinski definition) is 1. The lowest BCUT2D eigenvalue weighted by molar-refractivity contribution is 0.0724. The second kappa shape index (κ2) is 10.5. The van der Waals surface area contributed by atoms with Crippen molar-refractivity contribution < 1.29 is 22.0 Å². The largest absolute Gasteiger partial charge is 0.438 e. The standard InChI is InChI=1S/C23H27N5O5S2/c24-15-17-22(25-16-18(20-5-4-14-34-20)27-8-2-1-3-9-27)33-23(26-17)19-6-7-21(32-19)35(29,30)28-10-12-31-13-11-28/h4-7,14,18,25H,1-3,8-13,16H2. The molecule has 2 aliphatic rings. The lowest BCUT2D eigenvalue weighted by Gasteiger charge is -2.34. The maximum absolute atomic E-state index is 12.9. The van der Waals surface area contributed by atoms with E-state index in [1.807, 2.05) is 6.07 Å². The highest BCUT2D eigenvalue weighted by molar-refractivity contribution is 7.89. The molecule has 1 N–H and O–H groups in total. The van der Waals surface area contributed by atoms with E-state index in [9.17, 15) is 13.7 Å². The molecule has 3 aromatic heterocycles. The summed E-state index contributed by atoms with van der Waals surface area (Å²) in [6.45, 7) is 3.85. The SMILES string of the molecule is N#Cc1nc(-c2ccc(S(=O)(=O)N3CCOCC3)o2)oc1NCC(c1cccs1)N1CCCCC1. The van der Waals surface area contributed by atoms with Crippen LogP contribution in [0.25, 0.3) is 11.7 Å². The molecule has 1 unspecified atom stereocenters. The number of rotatable bonds is 8. The number of oxazole rings is 1. The molecule has 2 saturated heterocycles. The molecule has 0 radical (unpaired) electrons. The Balaban J connectivity index is 1.34. The van der Waals surface area contributed by atoms with Crippen molar-refractivity contribution in [2.45, 2.75) is 30.4 Å². The van der Waals surface area contributed by atoms with Crippen molar-refractivity contribution in [1.82, 2.24) is 14.2 Å². The van der Waals surface area contributed by atoms with Crippen LogP contribution in [0.4, 0.5) is 5.88 Å². The zero-order valence-electron chi connectivity index (χ0n) is 19.2. The Morgan fingerprint density at radius 2 is 1.91 bits per heavy atom. The fraction of sp³-hybridized carbons (Fsp3) is 0.478. The highest BCUT2D eigenvalue weighted by atomic mass is 32.2. The van der Waals surface area contributed by atoms with E-state index < -0.39 is 10.0 Å². The summed E-state index contributed by atoms with van der Waals surface area (Å²) in [6, 6.07) is 9.26. The van der Waals surface area contributed by atoms with Crippen LogP contribution in [0.5, 0.6) is 0 Å². The molecular weight excluding hydrogens is 490 g/mol. The summed E-state index contributed by atoms with van der Waals surface area (Å²) < 4.78 is 43.7. The van der Waals surface area contributed by atoms with Gasteiger partial charge in [0.1, 0.15) is 6.07 Å². The number of anilines is 1. The molecule has 0 amide bonds. The molecule has 3 aromatic rings. The van der Waals surface area contributed by atoms with Crippen LogP contribution in [-0.2, 0) is 14.8 Å². The lowest BCUT2D eigenvalue weighted by atomic mass is 10.1. The normalized spacial score (nSPS) is 18.8. The average molecular weight is 518 g/mol. The topological polar surface area (TPSA) is 125 Å². The Morgan fingerprint density at radius 3 is 2.63 bits per heavy atom. The van der Waals surface area contributed by atoms with Gasteiger partial charge in [0.05, 0.1) is 19.3 Å². The molecule has 2 aliphatic heterocycles. The number of nitrogens with one attached hydrogen (secondary N) is 1. The van der Waals surface area contributed by atoms with E-state index in [0.717, 1.165) is 13.1 Å². The minimum absolute atomic E-state index is 0.0538. The first-order chi connectivity index (χ1) is 17.1. The Labute approximate surface area is 208 Å². The predicted molar refractivity (Wildman–Crippen MR) is 129 cm³/mol. The molecule has 0 saturated carbocycles. The zero-order chi connectivity index (χ0) is 24.3. The van der Waals surface area contributed by atoms with Crippen molar-refractivity contribution in [2.75, 3.05) is 51.3 Å². The van der Waals surface area contributed by atoms with Crippen LogP contribution in [0.2, 0.25) is 0 Å². The monoisotopic (exact) mass is 517 g/mol. The summed E-state index contributed by atoms with van der Waals surface area (Å²) in [7, 11) is -3.78. The number of nitriles is 1. The number of nitrogens with zero attached hydrogens (tertiary/aromatic N) is 4. The molecule has 35 heavy (non-hydrogen) atoms. The molecule has 1 atom stereocenters. The number of sulfonamides is 1. The molecule has 5 rings (SSSR count). The molecule has 0 aromatic carbocycles. The minimum Gasteiger partial charge on any atom is -0.438 e. The quantitative estimate of drug-likeness (QED) is 0.478. The zero-order valence-corrected chi connectivity index (χ0v) is 20.8. The van der Waals surface area contributed by atoms with Crippen LogP contribution >= 0.6 is 11.3 Å². The molecule has 186 valence electrons. The van der Waals surface area contributed by atoms with Crippen molar-refractivity contribution in [1.29, 1.82) is 5.26 Å². The summed E-state index contributed by atoms with van der Waals surface area (Å²) in [5.41, 5.74) is 0.0950. The highest BCUT2D eigenvalue weighted by Gasteiger charge is 2.30. The molecule has 2 fully saturated rings. The van der Waals surface area contributed by atoms with E-state index >= 15 is 0 Å². The molecule has 0 aliphatic carbocycles. The van der Waals surface area contributed by atoms with Gasteiger partial charge in [0.2, 0.25) is 16.7 Å². The van der Waals surface area contributed by atoms with Gasteiger partial charge >= 0.3 is 0 Å². The number of ether oxygens (including phenoxy) is 1. The van der Waals surface area contributed by atoms with Gasteiger partial charge in [0.15, 0.2) is 5.76 Å². The van der Waals surface area contributed by atoms with E-state index in [2.05, 4.69) is 32.7 Å². The molecule has 5 heterocycles. The number of furan rings is 1. The van der Waals surface area contributed by atoms with Gasteiger partial charge in [-0.3, -0.25) is 4.90 Å². The third-order valence-electron chi connectivity index (χ3n) is 6.25. The molecule has 10 nitrogen and oxygen atoms in total.